The van der Waals surface area contributed by atoms with E-state index in [9.17, 15) is 4.79 Å². The van der Waals surface area contributed by atoms with Gasteiger partial charge in [-0.25, -0.2) is 0 Å². The summed E-state index contributed by atoms with van der Waals surface area (Å²) in [6, 6.07) is 0. The number of alkyl halides is 1. The van der Waals surface area contributed by atoms with Gasteiger partial charge >= 0.3 is 0 Å². The zero-order valence-electron chi connectivity index (χ0n) is 5.40. The molecule has 1 saturated carbocycles. The standard InChI is InChI=1S/C7H11ClO/c8-5-4-7(6-9)2-1-3-7/h6H,1-5H2. The number of rotatable bonds is 3. The van der Waals surface area contributed by atoms with Crippen LogP contribution in [0.4, 0.5) is 0 Å². The number of hydrogen-bond donors (Lipinski definition) is 0. The average molecular weight is 147 g/mol. The van der Waals surface area contributed by atoms with Crippen molar-refractivity contribution >= 4 is 17.9 Å². The highest BCUT2D eigenvalue weighted by Crippen LogP contribution is 2.41. The minimum absolute atomic E-state index is 0.00174. The lowest BCUT2D eigenvalue weighted by Gasteiger charge is -2.35. The Morgan fingerprint density at radius 1 is 1.56 bits per heavy atom. The number of carbonyl (C=O) groups excluding carboxylic acids is 1. The number of carbonyl (C=O) groups is 1. The smallest absolute Gasteiger partial charge is 0.126 e. The maximum atomic E-state index is 10.4. The van der Waals surface area contributed by atoms with Crippen LogP contribution in [0.25, 0.3) is 0 Å². The van der Waals surface area contributed by atoms with E-state index in [1.165, 1.54) is 6.42 Å². The van der Waals surface area contributed by atoms with Crippen molar-refractivity contribution in [3.8, 4) is 0 Å². The first-order valence-electron chi connectivity index (χ1n) is 3.35. The Balaban J connectivity index is 2.37. The summed E-state index contributed by atoms with van der Waals surface area (Å²) in [6.07, 6.45) is 5.28. The van der Waals surface area contributed by atoms with E-state index in [4.69, 9.17) is 11.6 Å². The summed E-state index contributed by atoms with van der Waals surface area (Å²) in [5.41, 5.74) is 0.00174. The van der Waals surface area contributed by atoms with E-state index in [0.29, 0.717) is 5.88 Å². The molecule has 0 aromatic heterocycles. The van der Waals surface area contributed by atoms with Crippen LogP contribution < -0.4 is 0 Å². The fourth-order valence-electron chi connectivity index (χ4n) is 1.25. The molecule has 0 atom stereocenters. The molecule has 0 heterocycles. The van der Waals surface area contributed by atoms with Gasteiger partial charge in [0, 0.05) is 11.3 Å². The SMILES string of the molecule is O=CC1(CCCl)CCC1. The van der Waals surface area contributed by atoms with Crippen molar-refractivity contribution in [3.63, 3.8) is 0 Å². The van der Waals surface area contributed by atoms with Gasteiger partial charge in [-0.05, 0) is 19.3 Å². The maximum Gasteiger partial charge on any atom is 0.126 e. The lowest BCUT2D eigenvalue weighted by atomic mass is 9.68. The van der Waals surface area contributed by atoms with Gasteiger partial charge in [0.05, 0.1) is 0 Å². The monoisotopic (exact) mass is 146 g/mol. The number of halogens is 1. The van der Waals surface area contributed by atoms with Crippen LogP contribution in [0.3, 0.4) is 0 Å². The van der Waals surface area contributed by atoms with Crippen molar-refractivity contribution in [1.29, 1.82) is 0 Å². The first-order chi connectivity index (χ1) is 4.33. The van der Waals surface area contributed by atoms with Gasteiger partial charge in [-0.15, -0.1) is 11.6 Å². The summed E-state index contributed by atoms with van der Waals surface area (Å²) in [4.78, 5) is 10.4. The molecule has 0 aromatic rings. The van der Waals surface area contributed by atoms with E-state index in [2.05, 4.69) is 0 Å². The molecule has 0 unspecified atom stereocenters. The first kappa shape index (κ1) is 7.07. The van der Waals surface area contributed by atoms with E-state index in [1.54, 1.807) is 0 Å². The second kappa shape index (κ2) is 2.70. The number of hydrogen-bond acceptors (Lipinski definition) is 1. The van der Waals surface area contributed by atoms with E-state index in [0.717, 1.165) is 25.5 Å². The summed E-state index contributed by atoms with van der Waals surface area (Å²) in [5, 5.41) is 0. The maximum absolute atomic E-state index is 10.4. The second-order valence-electron chi connectivity index (χ2n) is 2.77. The van der Waals surface area contributed by atoms with Gasteiger partial charge in [0.1, 0.15) is 6.29 Å². The third-order valence-corrected chi connectivity index (χ3v) is 2.38. The molecule has 0 radical (unpaired) electrons. The molecule has 0 amide bonds. The Kier molecular flexibility index (Phi) is 2.12. The minimum Gasteiger partial charge on any atom is -0.303 e. The van der Waals surface area contributed by atoms with Crippen molar-refractivity contribution in [2.45, 2.75) is 25.7 Å². The lowest BCUT2D eigenvalue weighted by molar-refractivity contribution is -0.120. The highest BCUT2D eigenvalue weighted by molar-refractivity contribution is 6.18. The highest BCUT2D eigenvalue weighted by atomic mass is 35.5. The molecule has 0 N–H and O–H groups in total. The van der Waals surface area contributed by atoms with Gasteiger partial charge in [-0.3, -0.25) is 0 Å². The molecule has 1 rings (SSSR count). The molecule has 0 bridgehead atoms. The molecule has 0 spiro atoms. The van der Waals surface area contributed by atoms with Crippen LogP contribution in [0.15, 0.2) is 0 Å². The molecular weight excluding hydrogens is 136 g/mol. The molecule has 0 saturated heterocycles. The van der Waals surface area contributed by atoms with Crippen LogP contribution >= 0.6 is 11.6 Å². The lowest BCUT2D eigenvalue weighted by Crippen LogP contribution is -2.31. The summed E-state index contributed by atoms with van der Waals surface area (Å²) in [7, 11) is 0. The summed E-state index contributed by atoms with van der Waals surface area (Å²) in [6.45, 7) is 0. The zero-order valence-corrected chi connectivity index (χ0v) is 6.16. The largest absolute Gasteiger partial charge is 0.303 e. The Labute approximate surface area is 60.4 Å². The molecule has 1 nitrogen and oxygen atoms in total. The van der Waals surface area contributed by atoms with Crippen molar-refractivity contribution in [3.05, 3.63) is 0 Å². The van der Waals surface area contributed by atoms with Crippen LogP contribution in [0.1, 0.15) is 25.7 Å². The summed E-state index contributed by atoms with van der Waals surface area (Å²) in [5.74, 6) is 0.624. The molecule has 0 aromatic carbocycles. The first-order valence-corrected chi connectivity index (χ1v) is 3.89. The molecule has 1 aliphatic carbocycles. The molecular formula is C7H11ClO. The molecule has 52 valence electrons. The van der Waals surface area contributed by atoms with Gasteiger partial charge in [0.15, 0.2) is 0 Å². The van der Waals surface area contributed by atoms with Crippen LogP contribution in [0, 0.1) is 5.41 Å². The quantitative estimate of drug-likeness (QED) is 0.440. The predicted molar refractivity (Wildman–Crippen MR) is 37.7 cm³/mol. The summed E-state index contributed by atoms with van der Waals surface area (Å²) < 4.78 is 0. The second-order valence-corrected chi connectivity index (χ2v) is 3.15. The fraction of sp³-hybridized carbons (Fsp3) is 0.857. The van der Waals surface area contributed by atoms with Gasteiger partial charge in [0.2, 0.25) is 0 Å². The van der Waals surface area contributed by atoms with Crippen LogP contribution in [-0.4, -0.2) is 12.2 Å². The van der Waals surface area contributed by atoms with Crippen molar-refractivity contribution in [1.82, 2.24) is 0 Å². The van der Waals surface area contributed by atoms with Gasteiger partial charge < -0.3 is 4.79 Å². The Morgan fingerprint density at radius 3 is 2.33 bits per heavy atom. The predicted octanol–water partition coefficient (Wildman–Crippen LogP) is 1.98. The van der Waals surface area contributed by atoms with Crippen LogP contribution in [0.2, 0.25) is 0 Å². The van der Waals surface area contributed by atoms with Crippen LogP contribution in [0.5, 0.6) is 0 Å². The number of aldehydes is 1. The summed E-state index contributed by atoms with van der Waals surface area (Å²) >= 11 is 5.52. The molecule has 1 fully saturated rings. The average Bonchev–Trinajstić information content (AvgIpc) is 1.79. The fourth-order valence-corrected chi connectivity index (χ4v) is 1.62. The topological polar surface area (TPSA) is 17.1 Å². The minimum atomic E-state index is 0.00174. The van der Waals surface area contributed by atoms with Crippen molar-refractivity contribution in [2.24, 2.45) is 5.41 Å². The van der Waals surface area contributed by atoms with Gasteiger partial charge in [0.25, 0.3) is 0 Å². The van der Waals surface area contributed by atoms with E-state index in [1.807, 2.05) is 0 Å². The molecule has 0 aliphatic heterocycles. The van der Waals surface area contributed by atoms with Crippen molar-refractivity contribution < 1.29 is 4.79 Å². The van der Waals surface area contributed by atoms with E-state index in [-0.39, 0.29) is 5.41 Å². The van der Waals surface area contributed by atoms with E-state index >= 15 is 0 Å². The molecule has 1 aliphatic rings. The zero-order chi connectivity index (χ0) is 6.74. The van der Waals surface area contributed by atoms with Crippen LogP contribution in [-0.2, 0) is 4.79 Å². The molecule has 2 heteroatoms. The van der Waals surface area contributed by atoms with Gasteiger partial charge in [-0.2, -0.15) is 0 Å². The molecule has 9 heavy (non-hydrogen) atoms. The third kappa shape index (κ3) is 1.26. The van der Waals surface area contributed by atoms with Gasteiger partial charge in [-0.1, -0.05) is 6.42 Å². The Morgan fingerprint density at radius 2 is 2.22 bits per heavy atom. The third-order valence-electron chi connectivity index (χ3n) is 2.19. The Hall–Kier alpha value is -0.0400. The van der Waals surface area contributed by atoms with Crippen molar-refractivity contribution in [2.75, 3.05) is 5.88 Å². The highest BCUT2D eigenvalue weighted by Gasteiger charge is 2.35. The normalized spacial score (nSPS) is 22.8. The van der Waals surface area contributed by atoms with E-state index < -0.39 is 0 Å². The Bertz CT molecular complexity index is 107.